The van der Waals surface area contributed by atoms with E-state index in [1.807, 2.05) is 24.3 Å². The minimum atomic E-state index is -0.102. The van der Waals surface area contributed by atoms with Crippen LogP contribution in [0.2, 0.25) is 5.02 Å². The van der Waals surface area contributed by atoms with E-state index in [2.05, 4.69) is 15.3 Å². The van der Waals surface area contributed by atoms with Gasteiger partial charge in [0.25, 0.3) is 5.91 Å². The van der Waals surface area contributed by atoms with Crippen molar-refractivity contribution in [2.75, 3.05) is 19.6 Å². The van der Waals surface area contributed by atoms with Crippen LogP contribution in [-0.2, 0) is 7.05 Å². The van der Waals surface area contributed by atoms with Gasteiger partial charge in [0, 0.05) is 24.8 Å². The zero-order valence-corrected chi connectivity index (χ0v) is 14.0. The number of benzene rings is 1. The third kappa shape index (κ3) is 3.74. The van der Waals surface area contributed by atoms with Crippen molar-refractivity contribution >= 4 is 17.5 Å². The molecular formula is C17H21ClN4O. The molecule has 1 atom stereocenters. The number of aromatic nitrogens is 2. The van der Waals surface area contributed by atoms with Gasteiger partial charge in [0.2, 0.25) is 0 Å². The highest BCUT2D eigenvalue weighted by Crippen LogP contribution is 2.29. The van der Waals surface area contributed by atoms with Crippen molar-refractivity contribution in [1.29, 1.82) is 0 Å². The van der Waals surface area contributed by atoms with Crippen LogP contribution in [0.3, 0.4) is 0 Å². The standard InChI is InChI=1S/C17H21ClN4O/c1-21-12-13(10-20-21)17(23)19-11-16(22-8-4-5-9-22)14-6-2-3-7-15(14)18/h2-3,6-7,10,12,16H,4-5,8-9,11H2,1H3,(H,19,23). The largest absolute Gasteiger partial charge is 0.350 e. The topological polar surface area (TPSA) is 50.2 Å². The lowest BCUT2D eigenvalue weighted by Gasteiger charge is -2.28. The first-order valence-electron chi connectivity index (χ1n) is 7.90. The Morgan fingerprint density at radius 1 is 1.35 bits per heavy atom. The second-order valence-corrected chi connectivity index (χ2v) is 6.30. The molecule has 1 unspecified atom stereocenters. The summed E-state index contributed by atoms with van der Waals surface area (Å²) in [5.74, 6) is -0.102. The van der Waals surface area contributed by atoms with Crippen molar-refractivity contribution in [2.45, 2.75) is 18.9 Å². The van der Waals surface area contributed by atoms with E-state index in [0.717, 1.165) is 23.7 Å². The van der Waals surface area contributed by atoms with Gasteiger partial charge in [0.05, 0.1) is 17.8 Å². The molecule has 1 aliphatic rings. The van der Waals surface area contributed by atoms with Crippen molar-refractivity contribution in [2.24, 2.45) is 7.05 Å². The van der Waals surface area contributed by atoms with E-state index in [-0.39, 0.29) is 11.9 Å². The van der Waals surface area contributed by atoms with Crippen molar-refractivity contribution in [3.05, 3.63) is 52.8 Å². The molecule has 3 rings (SSSR count). The number of nitrogens with one attached hydrogen (secondary N) is 1. The van der Waals surface area contributed by atoms with Gasteiger partial charge in [-0.3, -0.25) is 14.4 Å². The van der Waals surface area contributed by atoms with E-state index in [0.29, 0.717) is 12.1 Å². The third-order valence-corrected chi connectivity index (χ3v) is 4.61. The maximum Gasteiger partial charge on any atom is 0.254 e. The molecule has 1 aromatic heterocycles. The Balaban J connectivity index is 1.74. The van der Waals surface area contributed by atoms with Crippen LogP contribution in [0, 0.1) is 0 Å². The van der Waals surface area contributed by atoms with E-state index in [1.165, 1.54) is 12.8 Å². The molecule has 1 aliphatic heterocycles. The Hall–Kier alpha value is -1.85. The fourth-order valence-corrected chi connectivity index (χ4v) is 3.33. The number of nitrogens with zero attached hydrogens (tertiary/aromatic N) is 3. The van der Waals surface area contributed by atoms with Gasteiger partial charge in [0.15, 0.2) is 0 Å². The molecule has 0 spiro atoms. The molecular weight excluding hydrogens is 312 g/mol. The highest BCUT2D eigenvalue weighted by Gasteiger charge is 2.25. The average molecular weight is 333 g/mol. The number of rotatable bonds is 5. The van der Waals surface area contributed by atoms with Gasteiger partial charge in [-0.25, -0.2) is 0 Å². The molecule has 2 aromatic rings. The fourth-order valence-electron chi connectivity index (χ4n) is 3.06. The normalized spacial score (nSPS) is 16.4. The molecule has 1 N–H and O–H groups in total. The van der Waals surface area contributed by atoms with Crippen LogP contribution in [0.15, 0.2) is 36.7 Å². The molecule has 0 aliphatic carbocycles. The number of aryl methyl sites for hydroxylation is 1. The lowest BCUT2D eigenvalue weighted by atomic mass is 10.1. The third-order valence-electron chi connectivity index (χ3n) is 4.27. The van der Waals surface area contributed by atoms with Crippen LogP contribution in [0.25, 0.3) is 0 Å². The summed E-state index contributed by atoms with van der Waals surface area (Å²) >= 11 is 6.38. The first-order valence-corrected chi connectivity index (χ1v) is 8.28. The Morgan fingerprint density at radius 2 is 2.09 bits per heavy atom. The number of carbonyl (C=O) groups excluding carboxylic acids is 1. The molecule has 0 bridgehead atoms. The summed E-state index contributed by atoms with van der Waals surface area (Å²) in [6.07, 6.45) is 5.68. The van der Waals surface area contributed by atoms with E-state index in [4.69, 9.17) is 11.6 Å². The highest BCUT2D eigenvalue weighted by molar-refractivity contribution is 6.31. The maximum absolute atomic E-state index is 12.3. The van der Waals surface area contributed by atoms with Gasteiger partial charge in [0.1, 0.15) is 0 Å². The predicted octanol–water partition coefficient (Wildman–Crippen LogP) is 2.64. The zero-order chi connectivity index (χ0) is 16.2. The zero-order valence-electron chi connectivity index (χ0n) is 13.2. The SMILES string of the molecule is Cn1cc(C(=O)NCC(c2ccccc2Cl)N2CCCC2)cn1. The van der Waals surface area contributed by atoms with Crippen LogP contribution in [0.1, 0.15) is 34.8 Å². The Labute approximate surface area is 141 Å². The molecule has 6 heteroatoms. The minimum Gasteiger partial charge on any atom is -0.350 e. The summed E-state index contributed by atoms with van der Waals surface area (Å²) in [7, 11) is 1.80. The first-order chi connectivity index (χ1) is 11.1. The monoisotopic (exact) mass is 332 g/mol. The van der Waals surface area contributed by atoms with Crippen LogP contribution in [0.4, 0.5) is 0 Å². The van der Waals surface area contributed by atoms with Crippen LogP contribution in [-0.4, -0.2) is 40.2 Å². The smallest absolute Gasteiger partial charge is 0.254 e. The molecule has 5 nitrogen and oxygen atoms in total. The highest BCUT2D eigenvalue weighted by atomic mass is 35.5. The van der Waals surface area contributed by atoms with Crippen LogP contribution in [0.5, 0.6) is 0 Å². The van der Waals surface area contributed by atoms with Gasteiger partial charge in [-0.2, -0.15) is 5.10 Å². The summed E-state index contributed by atoms with van der Waals surface area (Å²) in [6.45, 7) is 2.62. The van der Waals surface area contributed by atoms with Crippen LogP contribution < -0.4 is 5.32 Å². The molecule has 1 fully saturated rings. The second kappa shape index (κ2) is 7.15. The lowest BCUT2D eigenvalue weighted by Crippen LogP contribution is -2.36. The van der Waals surface area contributed by atoms with E-state index in [1.54, 1.807) is 24.1 Å². The predicted molar refractivity (Wildman–Crippen MR) is 90.5 cm³/mol. The van der Waals surface area contributed by atoms with E-state index >= 15 is 0 Å². The molecule has 0 radical (unpaired) electrons. The molecule has 122 valence electrons. The van der Waals surface area contributed by atoms with Crippen molar-refractivity contribution < 1.29 is 4.79 Å². The number of hydrogen-bond acceptors (Lipinski definition) is 3. The van der Waals surface area contributed by atoms with Crippen molar-refractivity contribution in [3.63, 3.8) is 0 Å². The van der Waals surface area contributed by atoms with Gasteiger partial charge in [-0.05, 0) is 37.6 Å². The van der Waals surface area contributed by atoms with Crippen molar-refractivity contribution in [1.82, 2.24) is 20.0 Å². The number of carbonyl (C=O) groups is 1. The summed E-state index contributed by atoms with van der Waals surface area (Å²) in [5.41, 5.74) is 1.65. The molecule has 23 heavy (non-hydrogen) atoms. The number of hydrogen-bond donors (Lipinski definition) is 1. The van der Waals surface area contributed by atoms with Gasteiger partial charge in [-0.1, -0.05) is 29.8 Å². The van der Waals surface area contributed by atoms with E-state index in [9.17, 15) is 4.79 Å². The molecule has 1 amide bonds. The summed E-state index contributed by atoms with van der Waals surface area (Å²) in [4.78, 5) is 14.7. The number of likely N-dealkylation sites (tertiary alicyclic amines) is 1. The van der Waals surface area contributed by atoms with Crippen molar-refractivity contribution in [3.8, 4) is 0 Å². The molecule has 0 saturated carbocycles. The van der Waals surface area contributed by atoms with E-state index < -0.39 is 0 Å². The Bertz CT molecular complexity index is 679. The van der Waals surface area contributed by atoms with Gasteiger partial charge in [-0.15, -0.1) is 0 Å². The maximum atomic E-state index is 12.3. The second-order valence-electron chi connectivity index (χ2n) is 5.89. The molecule has 1 aromatic carbocycles. The summed E-state index contributed by atoms with van der Waals surface area (Å²) in [5, 5.41) is 7.81. The first kappa shape index (κ1) is 16.0. The quantitative estimate of drug-likeness (QED) is 0.915. The Morgan fingerprint density at radius 3 is 2.74 bits per heavy atom. The Kier molecular flexibility index (Phi) is 4.98. The molecule has 1 saturated heterocycles. The fraction of sp³-hybridized carbons (Fsp3) is 0.412. The minimum absolute atomic E-state index is 0.102. The average Bonchev–Trinajstić information content (AvgIpc) is 3.21. The number of amides is 1. The van der Waals surface area contributed by atoms with Gasteiger partial charge < -0.3 is 5.32 Å². The lowest BCUT2D eigenvalue weighted by molar-refractivity contribution is 0.0938. The van der Waals surface area contributed by atoms with Crippen LogP contribution >= 0.6 is 11.6 Å². The molecule has 2 heterocycles. The summed E-state index contributed by atoms with van der Waals surface area (Å²) in [6, 6.07) is 7.98. The van der Waals surface area contributed by atoms with Gasteiger partial charge >= 0.3 is 0 Å². The number of halogens is 1. The summed E-state index contributed by atoms with van der Waals surface area (Å²) < 4.78 is 1.63.